The lowest BCUT2D eigenvalue weighted by Gasteiger charge is -2.20. The molecule has 0 aliphatic rings. The van der Waals surface area contributed by atoms with Gasteiger partial charge in [-0.1, -0.05) is 12.1 Å². The number of sulfonamides is 1. The first-order valence-corrected chi connectivity index (χ1v) is 8.92. The van der Waals surface area contributed by atoms with E-state index in [2.05, 4.69) is 14.7 Å². The van der Waals surface area contributed by atoms with E-state index in [0.29, 0.717) is 23.0 Å². The first-order valence-electron chi connectivity index (χ1n) is 7.43. The monoisotopic (exact) mass is 349 g/mol. The molecule has 1 aromatic heterocycles. The van der Waals surface area contributed by atoms with Crippen LogP contribution in [0.2, 0.25) is 0 Å². The molecule has 130 valence electrons. The van der Waals surface area contributed by atoms with Crippen LogP contribution in [-0.2, 0) is 10.0 Å². The molecule has 1 N–H and O–H groups in total. The van der Waals surface area contributed by atoms with Crippen LogP contribution in [0, 0.1) is 13.8 Å². The van der Waals surface area contributed by atoms with Crippen LogP contribution in [0.15, 0.2) is 29.3 Å². The summed E-state index contributed by atoms with van der Waals surface area (Å²) in [5.41, 5.74) is 1.91. The molecule has 0 bridgehead atoms. The average molecular weight is 349 g/mol. The van der Waals surface area contributed by atoms with Gasteiger partial charge in [0.2, 0.25) is 5.95 Å². The summed E-state index contributed by atoms with van der Waals surface area (Å²) in [5, 5.41) is 0. The first-order chi connectivity index (χ1) is 11.1. The average Bonchev–Trinajstić information content (AvgIpc) is 2.49. The summed E-state index contributed by atoms with van der Waals surface area (Å²) in [6.07, 6.45) is 1.49. The molecule has 0 amide bonds. The van der Waals surface area contributed by atoms with Gasteiger partial charge in [0.15, 0.2) is 5.82 Å². The van der Waals surface area contributed by atoms with Gasteiger partial charge in [-0.3, -0.25) is 4.72 Å². The molecule has 0 saturated heterocycles. The van der Waals surface area contributed by atoms with Crippen molar-refractivity contribution >= 4 is 27.5 Å². The van der Waals surface area contributed by atoms with Gasteiger partial charge in [-0.2, -0.15) is 4.98 Å². The highest BCUT2D eigenvalue weighted by atomic mass is 32.2. The van der Waals surface area contributed by atoms with Crippen LogP contribution in [0.25, 0.3) is 0 Å². The summed E-state index contributed by atoms with van der Waals surface area (Å²) in [6.45, 7) is 3.63. The number of hydrogen-bond acceptors (Lipinski definition) is 6. The minimum atomic E-state index is -3.73. The van der Waals surface area contributed by atoms with Gasteiger partial charge >= 0.3 is 0 Å². The summed E-state index contributed by atoms with van der Waals surface area (Å²) in [6, 6.07) is 5.33. The Morgan fingerprint density at radius 1 is 1.04 bits per heavy atom. The smallest absolute Gasteiger partial charge is 0.262 e. The minimum absolute atomic E-state index is 0.254. The molecule has 7 nitrogen and oxygen atoms in total. The molecule has 0 fully saturated rings. The third-order valence-corrected chi connectivity index (χ3v) is 4.96. The van der Waals surface area contributed by atoms with Gasteiger partial charge in [0.1, 0.15) is 5.69 Å². The molecule has 0 atom stereocenters. The van der Waals surface area contributed by atoms with E-state index in [1.54, 1.807) is 43.0 Å². The maximum atomic E-state index is 12.8. The lowest BCUT2D eigenvalue weighted by molar-refractivity contribution is 0.600. The van der Waals surface area contributed by atoms with E-state index in [1.807, 2.05) is 27.1 Å². The van der Waals surface area contributed by atoms with Crippen molar-refractivity contribution in [1.82, 2.24) is 9.97 Å². The second kappa shape index (κ2) is 6.64. The van der Waals surface area contributed by atoms with E-state index in [4.69, 9.17) is 0 Å². The van der Waals surface area contributed by atoms with Crippen molar-refractivity contribution in [3.05, 3.63) is 35.5 Å². The van der Waals surface area contributed by atoms with Crippen molar-refractivity contribution in [3.8, 4) is 0 Å². The third kappa shape index (κ3) is 3.76. The lowest BCUT2D eigenvalue weighted by atomic mass is 10.2. The molecule has 1 heterocycles. The Bertz CT molecular complexity index is 848. The first kappa shape index (κ1) is 18.0. The number of aryl methyl sites for hydroxylation is 2. The molecule has 8 heteroatoms. The highest BCUT2D eigenvalue weighted by molar-refractivity contribution is 7.92. The maximum absolute atomic E-state index is 12.8. The molecule has 0 aliphatic heterocycles. The summed E-state index contributed by atoms with van der Waals surface area (Å²) in [5.74, 6) is 1.01. The molecule has 0 aliphatic carbocycles. The third-order valence-electron chi connectivity index (χ3n) is 3.46. The summed E-state index contributed by atoms with van der Waals surface area (Å²) in [7, 11) is 3.54. The van der Waals surface area contributed by atoms with E-state index in [1.165, 1.54) is 6.20 Å². The molecule has 0 unspecified atom stereocenters. The van der Waals surface area contributed by atoms with Crippen LogP contribution in [0.1, 0.15) is 11.1 Å². The number of benzene rings is 1. The zero-order valence-corrected chi connectivity index (χ0v) is 15.6. The van der Waals surface area contributed by atoms with Crippen molar-refractivity contribution in [2.45, 2.75) is 18.7 Å². The fraction of sp³-hybridized carbons (Fsp3) is 0.375. The lowest BCUT2D eigenvalue weighted by Crippen LogP contribution is -2.21. The van der Waals surface area contributed by atoms with Gasteiger partial charge < -0.3 is 9.80 Å². The van der Waals surface area contributed by atoms with E-state index in [9.17, 15) is 8.42 Å². The van der Waals surface area contributed by atoms with Gasteiger partial charge in [0, 0.05) is 28.2 Å². The number of nitrogens with zero attached hydrogens (tertiary/aromatic N) is 4. The molecule has 2 aromatic rings. The number of nitrogens with one attached hydrogen (secondary N) is 1. The van der Waals surface area contributed by atoms with Gasteiger partial charge in [0.05, 0.1) is 11.1 Å². The van der Waals surface area contributed by atoms with Crippen LogP contribution in [-0.4, -0.2) is 46.6 Å². The van der Waals surface area contributed by atoms with Crippen molar-refractivity contribution in [2.75, 3.05) is 42.7 Å². The molecule has 0 radical (unpaired) electrons. The largest absolute Gasteiger partial charge is 0.361 e. The van der Waals surface area contributed by atoms with E-state index in [-0.39, 0.29) is 4.90 Å². The fourth-order valence-corrected chi connectivity index (χ4v) is 3.57. The second-order valence-corrected chi connectivity index (χ2v) is 7.72. The Hall–Kier alpha value is -2.35. The SMILES string of the molecule is Cc1ccc(C)c(S(=O)(=O)Nc2cnc(N(C)C)nc2N(C)C)c1. The summed E-state index contributed by atoms with van der Waals surface area (Å²) >= 11 is 0. The Labute approximate surface area is 143 Å². The minimum Gasteiger partial charge on any atom is -0.361 e. The Morgan fingerprint density at radius 3 is 2.29 bits per heavy atom. The number of rotatable bonds is 5. The maximum Gasteiger partial charge on any atom is 0.262 e. The predicted octanol–water partition coefficient (Wildman–Crippen LogP) is 2.03. The van der Waals surface area contributed by atoms with E-state index < -0.39 is 10.0 Å². The summed E-state index contributed by atoms with van der Waals surface area (Å²) < 4.78 is 28.2. The molecule has 0 spiro atoms. The molecular weight excluding hydrogens is 326 g/mol. The standard InChI is InChI=1S/C16H23N5O2S/c1-11-7-8-12(2)14(9-11)24(22,23)19-13-10-17-16(21(5)6)18-15(13)20(3)4/h7-10,19H,1-6H3. The number of anilines is 3. The predicted molar refractivity (Wildman–Crippen MR) is 97.4 cm³/mol. The van der Waals surface area contributed by atoms with Crippen LogP contribution >= 0.6 is 0 Å². The van der Waals surface area contributed by atoms with Crippen molar-refractivity contribution in [2.24, 2.45) is 0 Å². The highest BCUT2D eigenvalue weighted by Gasteiger charge is 2.20. The van der Waals surface area contributed by atoms with E-state index >= 15 is 0 Å². The Kier molecular flexibility index (Phi) is 4.98. The van der Waals surface area contributed by atoms with Crippen LogP contribution < -0.4 is 14.5 Å². The van der Waals surface area contributed by atoms with Crippen LogP contribution in [0.4, 0.5) is 17.5 Å². The fourth-order valence-electron chi connectivity index (χ4n) is 2.19. The van der Waals surface area contributed by atoms with Crippen molar-refractivity contribution in [1.29, 1.82) is 0 Å². The number of hydrogen-bond donors (Lipinski definition) is 1. The summed E-state index contributed by atoms with van der Waals surface area (Å²) in [4.78, 5) is 12.4. The topological polar surface area (TPSA) is 78.4 Å². The zero-order chi connectivity index (χ0) is 18.1. The Morgan fingerprint density at radius 2 is 1.71 bits per heavy atom. The molecule has 1 aromatic carbocycles. The normalized spacial score (nSPS) is 11.2. The van der Waals surface area contributed by atoms with Crippen molar-refractivity contribution < 1.29 is 8.42 Å². The molecule has 0 saturated carbocycles. The van der Waals surface area contributed by atoms with Gasteiger partial charge in [-0.15, -0.1) is 0 Å². The Balaban J connectivity index is 2.48. The molecule has 24 heavy (non-hydrogen) atoms. The molecule has 2 rings (SSSR count). The van der Waals surface area contributed by atoms with Crippen molar-refractivity contribution in [3.63, 3.8) is 0 Å². The van der Waals surface area contributed by atoms with Gasteiger partial charge in [-0.25, -0.2) is 13.4 Å². The van der Waals surface area contributed by atoms with E-state index in [0.717, 1.165) is 5.56 Å². The quantitative estimate of drug-likeness (QED) is 0.890. The van der Waals surface area contributed by atoms with Gasteiger partial charge in [0.25, 0.3) is 10.0 Å². The highest BCUT2D eigenvalue weighted by Crippen LogP contribution is 2.27. The van der Waals surface area contributed by atoms with Crippen LogP contribution in [0.5, 0.6) is 0 Å². The van der Waals surface area contributed by atoms with Crippen LogP contribution in [0.3, 0.4) is 0 Å². The second-order valence-electron chi connectivity index (χ2n) is 6.07. The zero-order valence-electron chi connectivity index (χ0n) is 14.8. The van der Waals surface area contributed by atoms with Gasteiger partial charge in [-0.05, 0) is 31.0 Å². The molecular formula is C16H23N5O2S. The number of aromatic nitrogens is 2.